The van der Waals surface area contributed by atoms with Gasteiger partial charge in [0.05, 0.1) is 5.25 Å². The molecule has 0 bridgehead atoms. The van der Waals surface area contributed by atoms with Crippen LogP contribution in [0.5, 0.6) is 0 Å². The van der Waals surface area contributed by atoms with Gasteiger partial charge in [0, 0.05) is 44.0 Å². The second-order valence-corrected chi connectivity index (χ2v) is 6.68. The topological polar surface area (TPSA) is 75.4 Å². The minimum Gasteiger partial charge on any atom is -0.353 e. The van der Waals surface area contributed by atoms with Crippen LogP contribution in [0.1, 0.15) is 30.5 Å². The molecule has 1 aromatic rings. The second kappa shape index (κ2) is 6.42. The number of aromatic nitrogens is 2. The zero-order chi connectivity index (χ0) is 15.7. The van der Waals surface area contributed by atoms with Crippen molar-refractivity contribution < 1.29 is 4.79 Å². The largest absolute Gasteiger partial charge is 0.353 e. The lowest BCUT2D eigenvalue weighted by Crippen LogP contribution is -2.52. The molecule has 2 atom stereocenters. The molecule has 1 saturated heterocycles. The first-order chi connectivity index (χ1) is 10.6. The number of hydrogen-bond acceptors (Lipinski definition) is 6. The summed E-state index contributed by atoms with van der Waals surface area (Å²) in [6.45, 7) is 5.51. The first-order valence-electron chi connectivity index (χ1n) is 7.87. The van der Waals surface area contributed by atoms with Gasteiger partial charge in [-0.15, -0.1) is 0 Å². The summed E-state index contributed by atoms with van der Waals surface area (Å²) in [4.78, 5) is 25.2. The van der Waals surface area contributed by atoms with Crippen LogP contribution in [0, 0.1) is 0 Å². The van der Waals surface area contributed by atoms with E-state index in [1.165, 1.54) is 11.3 Å². The Bertz CT molecular complexity index is 559. The molecule has 1 aliphatic carbocycles. The van der Waals surface area contributed by atoms with Gasteiger partial charge in [-0.05, 0) is 18.8 Å². The van der Waals surface area contributed by atoms with E-state index in [-0.39, 0.29) is 12.5 Å². The van der Waals surface area contributed by atoms with Gasteiger partial charge in [-0.3, -0.25) is 4.79 Å². The minimum atomic E-state index is -0.394. The number of piperazine rings is 1. The molecular weight excluding hydrogens is 298 g/mol. The van der Waals surface area contributed by atoms with Gasteiger partial charge in [-0.2, -0.15) is 12.6 Å². The van der Waals surface area contributed by atoms with Crippen molar-refractivity contribution in [2.45, 2.75) is 30.9 Å². The zero-order valence-electron chi connectivity index (χ0n) is 12.9. The summed E-state index contributed by atoms with van der Waals surface area (Å²) in [5, 5.41) is -0.394. The van der Waals surface area contributed by atoms with Gasteiger partial charge < -0.3 is 15.5 Å². The van der Waals surface area contributed by atoms with E-state index in [0.29, 0.717) is 19.0 Å². The molecule has 22 heavy (non-hydrogen) atoms. The molecule has 0 spiro atoms. The Balaban J connectivity index is 1.70. The lowest BCUT2D eigenvalue weighted by molar-refractivity contribution is -0.130. The number of hydrogen-bond donors (Lipinski definition) is 2. The molecule has 2 aliphatic rings. The molecule has 1 amide bonds. The number of amides is 1. The van der Waals surface area contributed by atoms with E-state index in [1.54, 1.807) is 6.33 Å². The van der Waals surface area contributed by atoms with Crippen molar-refractivity contribution in [2.75, 3.05) is 37.6 Å². The quantitative estimate of drug-likeness (QED) is 0.790. The predicted molar refractivity (Wildman–Crippen MR) is 89.4 cm³/mol. The Kier molecular flexibility index (Phi) is 4.54. The summed E-state index contributed by atoms with van der Waals surface area (Å²) >= 11 is 4.24. The summed E-state index contributed by atoms with van der Waals surface area (Å²) in [6, 6.07) is 0. The van der Waals surface area contributed by atoms with Crippen molar-refractivity contribution >= 4 is 24.4 Å². The van der Waals surface area contributed by atoms with Gasteiger partial charge in [0.15, 0.2) is 0 Å². The van der Waals surface area contributed by atoms with Crippen molar-refractivity contribution in [1.82, 2.24) is 14.9 Å². The maximum absolute atomic E-state index is 12.1. The summed E-state index contributed by atoms with van der Waals surface area (Å²) in [7, 11) is 0. The average Bonchev–Trinajstić information content (AvgIpc) is 2.95. The predicted octanol–water partition coefficient (Wildman–Crippen LogP) is 0.432. The molecule has 120 valence electrons. The summed E-state index contributed by atoms with van der Waals surface area (Å²) in [5.41, 5.74) is 8.02. The number of anilines is 1. The van der Waals surface area contributed by atoms with Crippen molar-refractivity contribution in [3.8, 4) is 0 Å². The molecule has 1 aromatic heterocycles. The second-order valence-electron chi connectivity index (χ2n) is 6.06. The van der Waals surface area contributed by atoms with Crippen molar-refractivity contribution in [2.24, 2.45) is 5.73 Å². The molecule has 3 rings (SSSR count). The van der Waals surface area contributed by atoms with Gasteiger partial charge in [0.1, 0.15) is 12.1 Å². The molecule has 7 heteroatoms. The fraction of sp³-hybridized carbons (Fsp3) is 0.667. The Morgan fingerprint density at radius 1 is 1.41 bits per heavy atom. The molecule has 2 N–H and O–H groups in total. The number of nitrogens with zero attached hydrogens (tertiary/aromatic N) is 4. The standard InChI is InChI=1S/C15H23N5OS/c1-10-2-3-11-13(10)14(18-9-17-11)19-4-6-20(7-5-19)15(21)12(22)8-16/h9-10,12,22H,2-8,16H2,1H3. The molecule has 2 heterocycles. The van der Waals surface area contributed by atoms with Gasteiger partial charge in [-0.1, -0.05) is 6.92 Å². The third-order valence-electron chi connectivity index (χ3n) is 4.65. The van der Waals surface area contributed by atoms with Crippen LogP contribution in [-0.4, -0.2) is 58.7 Å². The molecule has 2 unspecified atom stereocenters. The molecule has 0 radical (unpaired) electrons. The number of thiol groups is 1. The summed E-state index contributed by atoms with van der Waals surface area (Å²) in [6.07, 6.45) is 3.86. The smallest absolute Gasteiger partial charge is 0.236 e. The van der Waals surface area contributed by atoms with Crippen LogP contribution >= 0.6 is 12.6 Å². The van der Waals surface area contributed by atoms with Gasteiger partial charge in [-0.25, -0.2) is 9.97 Å². The lowest BCUT2D eigenvalue weighted by Gasteiger charge is -2.37. The van der Waals surface area contributed by atoms with E-state index in [4.69, 9.17) is 5.73 Å². The lowest BCUT2D eigenvalue weighted by atomic mass is 10.1. The number of carbonyl (C=O) groups is 1. The fourth-order valence-electron chi connectivity index (χ4n) is 3.33. The van der Waals surface area contributed by atoms with Gasteiger partial charge >= 0.3 is 0 Å². The number of rotatable bonds is 3. The molecule has 0 saturated carbocycles. The number of aryl methyl sites for hydroxylation is 1. The Morgan fingerprint density at radius 2 is 2.14 bits per heavy atom. The molecular formula is C15H23N5OS. The molecule has 1 aliphatic heterocycles. The molecule has 6 nitrogen and oxygen atoms in total. The highest BCUT2D eigenvalue weighted by Crippen LogP contribution is 2.37. The zero-order valence-corrected chi connectivity index (χ0v) is 13.8. The maximum atomic E-state index is 12.1. The Labute approximate surface area is 136 Å². The third-order valence-corrected chi connectivity index (χ3v) is 5.08. The summed E-state index contributed by atoms with van der Waals surface area (Å²) in [5.74, 6) is 1.61. The van der Waals surface area contributed by atoms with Gasteiger partial charge in [0.25, 0.3) is 0 Å². The first-order valence-corrected chi connectivity index (χ1v) is 8.39. The maximum Gasteiger partial charge on any atom is 0.236 e. The normalized spacial score (nSPS) is 22.6. The number of fused-ring (bicyclic) bond motifs is 1. The van der Waals surface area contributed by atoms with Crippen LogP contribution in [-0.2, 0) is 11.2 Å². The monoisotopic (exact) mass is 321 g/mol. The van der Waals surface area contributed by atoms with E-state index in [9.17, 15) is 4.79 Å². The van der Waals surface area contributed by atoms with Crippen LogP contribution in [0.15, 0.2) is 6.33 Å². The van der Waals surface area contributed by atoms with Gasteiger partial charge in [0.2, 0.25) is 5.91 Å². The number of nitrogens with two attached hydrogens (primary N) is 1. The van der Waals surface area contributed by atoms with Crippen LogP contribution in [0.4, 0.5) is 5.82 Å². The van der Waals surface area contributed by atoms with Crippen molar-refractivity contribution in [1.29, 1.82) is 0 Å². The van der Waals surface area contributed by atoms with E-state index >= 15 is 0 Å². The van der Waals surface area contributed by atoms with Crippen LogP contribution in [0.25, 0.3) is 0 Å². The van der Waals surface area contributed by atoms with E-state index in [2.05, 4.69) is 34.4 Å². The molecule has 1 fully saturated rings. The third kappa shape index (κ3) is 2.79. The Morgan fingerprint density at radius 3 is 2.82 bits per heavy atom. The minimum absolute atomic E-state index is 0.0340. The number of carbonyl (C=O) groups excluding carboxylic acids is 1. The average molecular weight is 321 g/mol. The SMILES string of the molecule is CC1CCc2ncnc(N3CCN(C(=O)C(S)CN)CC3)c21. The van der Waals surface area contributed by atoms with Crippen LogP contribution in [0.3, 0.4) is 0 Å². The highest BCUT2D eigenvalue weighted by Gasteiger charge is 2.30. The van der Waals surface area contributed by atoms with Crippen LogP contribution < -0.4 is 10.6 Å². The van der Waals surface area contributed by atoms with E-state index in [1.807, 2.05) is 4.90 Å². The van der Waals surface area contributed by atoms with E-state index in [0.717, 1.165) is 31.7 Å². The highest BCUT2D eigenvalue weighted by molar-refractivity contribution is 7.81. The Hall–Kier alpha value is -1.34. The van der Waals surface area contributed by atoms with Crippen molar-refractivity contribution in [3.05, 3.63) is 17.6 Å². The highest BCUT2D eigenvalue weighted by atomic mass is 32.1. The van der Waals surface area contributed by atoms with Crippen molar-refractivity contribution in [3.63, 3.8) is 0 Å². The van der Waals surface area contributed by atoms with Crippen LogP contribution in [0.2, 0.25) is 0 Å². The van der Waals surface area contributed by atoms with E-state index < -0.39 is 5.25 Å². The fourth-order valence-corrected chi connectivity index (χ4v) is 3.49. The molecule has 0 aromatic carbocycles. The first kappa shape index (κ1) is 15.6. The summed E-state index contributed by atoms with van der Waals surface area (Å²) < 4.78 is 0.